The number of piperidine rings is 1. The van der Waals surface area contributed by atoms with Crippen molar-refractivity contribution in [3.63, 3.8) is 0 Å². The van der Waals surface area contributed by atoms with E-state index in [1.807, 2.05) is 25.1 Å². The summed E-state index contributed by atoms with van der Waals surface area (Å²) in [6, 6.07) is 11.6. The van der Waals surface area contributed by atoms with Crippen LogP contribution in [0.2, 0.25) is 0 Å². The molecule has 2 amide bonds. The number of aryl methyl sites for hydroxylation is 1. The number of nitrogens with zero attached hydrogens (tertiary/aromatic N) is 1. The highest BCUT2D eigenvalue weighted by Crippen LogP contribution is 2.33. The van der Waals surface area contributed by atoms with Crippen molar-refractivity contribution in [3.05, 3.63) is 59.4 Å². The minimum atomic E-state index is -0.542. The van der Waals surface area contributed by atoms with E-state index in [9.17, 15) is 14.0 Å². The van der Waals surface area contributed by atoms with Crippen LogP contribution in [-0.2, 0) is 4.79 Å². The maximum atomic E-state index is 13.6. The number of likely N-dealkylation sites (tertiary alicyclic amines) is 1. The van der Waals surface area contributed by atoms with Crippen molar-refractivity contribution >= 4 is 11.8 Å². The third-order valence-electron chi connectivity index (χ3n) is 5.49. The molecule has 6 nitrogen and oxygen atoms in total. The molecule has 0 unspecified atom stereocenters. The van der Waals surface area contributed by atoms with Gasteiger partial charge in [-0.05, 0) is 31.2 Å². The number of nitrogens with one attached hydrogen (secondary N) is 1. The number of halogens is 1. The minimum Gasteiger partial charge on any atom is -0.484 e. The smallest absolute Gasteiger partial charge is 0.260 e. The summed E-state index contributed by atoms with van der Waals surface area (Å²) in [5, 5.41) is 2.95. The topological polar surface area (TPSA) is 67.9 Å². The Morgan fingerprint density at radius 3 is 2.76 bits per heavy atom. The molecule has 2 aliphatic heterocycles. The van der Waals surface area contributed by atoms with Gasteiger partial charge in [0.05, 0.1) is 12.1 Å². The van der Waals surface area contributed by atoms with E-state index >= 15 is 0 Å². The second-order valence-corrected chi connectivity index (χ2v) is 7.57. The van der Waals surface area contributed by atoms with Crippen molar-refractivity contribution < 1.29 is 23.5 Å². The minimum absolute atomic E-state index is 0.0658. The molecule has 1 saturated heterocycles. The van der Waals surface area contributed by atoms with Gasteiger partial charge in [0.25, 0.3) is 11.8 Å². The summed E-state index contributed by atoms with van der Waals surface area (Å²) >= 11 is 0. The first-order valence-electron chi connectivity index (χ1n) is 9.69. The first-order chi connectivity index (χ1) is 14.0. The number of ether oxygens (including phenoxy) is 2. The molecular weight excluding hydrogens is 375 g/mol. The Morgan fingerprint density at radius 2 is 2.00 bits per heavy atom. The third kappa shape index (κ3) is 4.04. The van der Waals surface area contributed by atoms with Gasteiger partial charge in [-0.1, -0.05) is 23.8 Å². The van der Waals surface area contributed by atoms with Crippen LogP contribution in [0.15, 0.2) is 42.5 Å². The van der Waals surface area contributed by atoms with Crippen LogP contribution < -0.4 is 14.8 Å². The summed E-state index contributed by atoms with van der Waals surface area (Å²) in [4.78, 5) is 26.6. The number of benzene rings is 2. The lowest BCUT2D eigenvalue weighted by Crippen LogP contribution is -2.54. The van der Waals surface area contributed by atoms with Crippen molar-refractivity contribution in [3.8, 4) is 11.5 Å². The third-order valence-corrected chi connectivity index (χ3v) is 5.49. The zero-order valence-electron chi connectivity index (χ0n) is 16.2. The van der Waals surface area contributed by atoms with Gasteiger partial charge in [0, 0.05) is 25.9 Å². The lowest BCUT2D eigenvalue weighted by Gasteiger charge is -2.41. The molecule has 0 atom stereocenters. The van der Waals surface area contributed by atoms with E-state index in [2.05, 4.69) is 5.32 Å². The number of hydrogen-bond donors (Lipinski definition) is 1. The van der Waals surface area contributed by atoms with E-state index in [0.29, 0.717) is 43.8 Å². The van der Waals surface area contributed by atoms with Crippen LogP contribution in [0.5, 0.6) is 11.5 Å². The summed E-state index contributed by atoms with van der Waals surface area (Å²) in [5.41, 5.74) is 0.992. The molecule has 0 saturated carbocycles. The van der Waals surface area contributed by atoms with E-state index in [0.717, 1.165) is 5.56 Å². The molecule has 152 valence electrons. The van der Waals surface area contributed by atoms with E-state index in [-0.39, 0.29) is 24.2 Å². The summed E-state index contributed by atoms with van der Waals surface area (Å²) in [7, 11) is 0. The van der Waals surface area contributed by atoms with Gasteiger partial charge < -0.3 is 19.7 Å². The van der Waals surface area contributed by atoms with Crippen LogP contribution in [0.4, 0.5) is 4.39 Å². The van der Waals surface area contributed by atoms with E-state index < -0.39 is 11.4 Å². The molecule has 2 aromatic carbocycles. The average Bonchev–Trinajstić information content (AvgIpc) is 2.85. The van der Waals surface area contributed by atoms with Crippen LogP contribution in [0, 0.1) is 12.7 Å². The Bertz CT molecular complexity index is 938. The zero-order chi connectivity index (χ0) is 20.4. The molecular formula is C22H23FN2O4. The van der Waals surface area contributed by atoms with Crippen LogP contribution in [0.3, 0.4) is 0 Å². The van der Waals surface area contributed by atoms with Gasteiger partial charge >= 0.3 is 0 Å². The van der Waals surface area contributed by atoms with Gasteiger partial charge in [-0.15, -0.1) is 0 Å². The van der Waals surface area contributed by atoms with E-state index in [4.69, 9.17) is 9.47 Å². The summed E-state index contributed by atoms with van der Waals surface area (Å²) in [6.45, 7) is 3.08. The molecule has 1 spiro atoms. The monoisotopic (exact) mass is 398 g/mol. The molecule has 2 aliphatic rings. The first kappa shape index (κ1) is 19.2. The standard InChI is InChI=1S/C22H23FN2O4/c1-15-6-7-18-16(12-15)21(27)24-14-22(29-18)8-10-25(11-9-22)20(26)13-28-19-5-3-2-4-17(19)23/h2-7,12H,8-11,13-14H2,1H3,(H,24,27). The molecule has 4 rings (SSSR count). The zero-order valence-corrected chi connectivity index (χ0v) is 16.2. The van der Waals surface area contributed by atoms with Crippen molar-refractivity contribution in [2.45, 2.75) is 25.4 Å². The highest BCUT2D eigenvalue weighted by Gasteiger charge is 2.41. The maximum Gasteiger partial charge on any atom is 0.260 e. The largest absolute Gasteiger partial charge is 0.484 e. The fourth-order valence-corrected chi connectivity index (χ4v) is 3.75. The lowest BCUT2D eigenvalue weighted by molar-refractivity contribution is -0.136. The second-order valence-electron chi connectivity index (χ2n) is 7.57. The normalized spacial score (nSPS) is 17.7. The van der Waals surface area contributed by atoms with Crippen molar-refractivity contribution in [2.24, 2.45) is 0 Å². The number of hydrogen-bond acceptors (Lipinski definition) is 4. The molecule has 29 heavy (non-hydrogen) atoms. The number of carbonyl (C=O) groups excluding carboxylic acids is 2. The number of amides is 2. The van der Waals surface area contributed by atoms with Crippen LogP contribution in [0.25, 0.3) is 0 Å². The number of carbonyl (C=O) groups is 2. The van der Waals surface area contributed by atoms with Crippen molar-refractivity contribution in [1.29, 1.82) is 0 Å². The Kier molecular flexibility index (Phi) is 5.13. The molecule has 7 heteroatoms. The SMILES string of the molecule is Cc1ccc2c(c1)C(=O)NCC1(CCN(C(=O)COc3ccccc3F)CC1)O2. The van der Waals surface area contributed by atoms with Crippen LogP contribution in [-0.4, -0.2) is 48.6 Å². The van der Waals surface area contributed by atoms with Crippen molar-refractivity contribution in [2.75, 3.05) is 26.2 Å². The van der Waals surface area contributed by atoms with Gasteiger partial charge in [-0.2, -0.15) is 0 Å². The Morgan fingerprint density at radius 1 is 1.24 bits per heavy atom. The predicted octanol–water partition coefficient (Wildman–Crippen LogP) is 2.70. The summed E-state index contributed by atoms with van der Waals surface area (Å²) in [5.74, 6) is -0.187. The van der Waals surface area contributed by atoms with Gasteiger partial charge in [0.2, 0.25) is 0 Å². The Balaban J connectivity index is 1.38. The fraction of sp³-hybridized carbons (Fsp3) is 0.364. The van der Waals surface area contributed by atoms with Crippen LogP contribution >= 0.6 is 0 Å². The molecule has 0 aromatic heterocycles. The maximum absolute atomic E-state index is 13.6. The Labute approximate surface area is 168 Å². The molecule has 0 radical (unpaired) electrons. The van der Waals surface area contributed by atoms with E-state index in [1.165, 1.54) is 12.1 Å². The number of rotatable bonds is 3. The average molecular weight is 398 g/mol. The van der Waals surface area contributed by atoms with Gasteiger partial charge in [-0.25, -0.2) is 4.39 Å². The molecule has 1 fully saturated rings. The van der Waals surface area contributed by atoms with Gasteiger partial charge in [0.1, 0.15) is 11.4 Å². The first-order valence-corrected chi connectivity index (χ1v) is 9.69. The molecule has 2 aromatic rings. The van der Waals surface area contributed by atoms with E-state index in [1.54, 1.807) is 17.0 Å². The van der Waals surface area contributed by atoms with Gasteiger partial charge in [0.15, 0.2) is 18.2 Å². The second kappa shape index (κ2) is 7.73. The molecule has 2 heterocycles. The number of fused-ring (bicyclic) bond motifs is 1. The van der Waals surface area contributed by atoms with Crippen LogP contribution in [0.1, 0.15) is 28.8 Å². The molecule has 0 aliphatic carbocycles. The summed E-state index contributed by atoms with van der Waals surface area (Å²) in [6.07, 6.45) is 1.18. The highest BCUT2D eigenvalue weighted by atomic mass is 19.1. The molecule has 0 bridgehead atoms. The predicted molar refractivity (Wildman–Crippen MR) is 105 cm³/mol. The summed E-state index contributed by atoms with van der Waals surface area (Å²) < 4.78 is 25.2. The fourth-order valence-electron chi connectivity index (χ4n) is 3.75. The number of para-hydroxylation sites is 1. The highest BCUT2D eigenvalue weighted by molar-refractivity contribution is 5.97. The Hall–Kier alpha value is -3.09. The molecule has 1 N–H and O–H groups in total. The van der Waals surface area contributed by atoms with Gasteiger partial charge in [-0.3, -0.25) is 9.59 Å². The quantitative estimate of drug-likeness (QED) is 0.863. The van der Waals surface area contributed by atoms with Crippen molar-refractivity contribution in [1.82, 2.24) is 10.2 Å². The lowest BCUT2D eigenvalue weighted by atomic mass is 9.91.